The van der Waals surface area contributed by atoms with Gasteiger partial charge in [0.15, 0.2) is 0 Å². The summed E-state index contributed by atoms with van der Waals surface area (Å²) in [5.74, 6) is -1.23. The van der Waals surface area contributed by atoms with Crippen LogP contribution in [0.4, 0.5) is 4.79 Å². The molecule has 2 aliphatic rings. The van der Waals surface area contributed by atoms with Crippen LogP contribution < -0.4 is 5.32 Å². The molecule has 1 saturated carbocycles. The number of carboxylic acids is 1. The monoisotopic (exact) mass is 283 g/mol. The molecule has 114 valence electrons. The van der Waals surface area contributed by atoms with E-state index in [9.17, 15) is 9.59 Å². The van der Waals surface area contributed by atoms with E-state index in [-0.39, 0.29) is 12.1 Å². The highest BCUT2D eigenvalue weighted by Gasteiger charge is 2.36. The highest BCUT2D eigenvalue weighted by Crippen LogP contribution is 2.26. The van der Waals surface area contributed by atoms with Crippen molar-refractivity contribution in [1.29, 1.82) is 0 Å². The summed E-state index contributed by atoms with van der Waals surface area (Å²) in [7, 11) is 2.07. The van der Waals surface area contributed by atoms with Gasteiger partial charge in [-0.25, -0.2) is 4.79 Å². The Labute approximate surface area is 120 Å². The van der Waals surface area contributed by atoms with Gasteiger partial charge in [-0.15, -0.1) is 0 Å². The molecule has 2 fully saturated rings. The van der Waals surface area contributed by atoms with Crippen LogP contribution in [0.1, 0.15) is 33.1 Å². The maximum Gasteiger partial charge on any atom is 0.317 e. The Bertz CT molecular complexity index is 376. The standard InChI is InChI=1S/C14H25N3O3/c1-9-7-17(8-10(2)16(9)3)14(20)15-12-6-4-5-11(12)13(18)19/h9-12H,4-8H2,1-3H3,(H,15,20)(H,18,19). The molecule has 2 amide bonds. The fraction of sp³-hybridized carbons (Fsp3) is 0.857. The van der Waals surface area contributed by atoms with Crippen molar-refractivity contribution in [3.05, 3.63) is 0 Å². The van der Waals surface area contributed by atoms with Crippen molar-refractivity contribution in [3.8, 4) is 0 Å². The average molecular weight is 283 g/mol. The zero-order valence-corrected chi connectivity index (χ0v) is 12.5. The number of carbonyl (C=O) groups excluding carboxylic acids is 1. The molecule has 20 heavy (non-hydrogen) atoms. The van der Waals surface area contributed by atoms with Crippen molar-refractivity contribution in [2.45, 2.75) is 51.2 Å². The van der Waals surface area contributed by atoms with E-state index in [4.69, 9.17) is 5.11 Å². The van der Waals surface area contributed by atoms with Crippen LogP contribution in [0, 0.1) is 5.92 Å². The van der Waals surface area contributed by atoms with Crippen LogP contribution in [0.15, 0.2) is 0 Å². The lowest BCUT2D eigenvalue weighted by atomic mass is 10.0. The first-order chi connectivity index (χ1) is 9.40. The van der Waals surface area contributed by atoms with Gasteiger partial charge in [0.2, 0.25) is 0 Å². The Morgan fingerprint density at radius 3 is 2.30 bits per heavy atom. The molecule has 2 rings (SSSR count). The van der Waals surface area contributed by atoms with E-state index in [1.807, 2.05) is 4.90 Å². The molecular weight excluding hydrogens is 258 g/mol. The highest BCUT2D eigenvalue weighted by molar-refractivity contribution is 5.77. The lowest BCUT2D eigenvalue weighted by Gasteiger charge is -2.42. The number of hydrogen-bond donors (Lipinski definition) is 2. The van der Waals surface area contributed by atoms with Crippen LogP contribution in [0.3, 0.4) is 0 Å². The molecule has 0 aromatic heterocycles. The molecule has 6 nitrogen and oxygen atoms in total. The number of nitrogens with zero attached hydrogens (tertiary/aromatic N) is 2. The van der Waals surface area contributed by atoms with E-state index < -0.39 is 11.9 Å². The third kappa shape index (κ3) is 3.06. The summed E-state index contributed by atoms with van der Waals surface area (Å²) >= 11 is 0. The Hall–Kier alpha value is -1.30. The molecule has 1 aliphatic heterocycles. The van der Waals surface area contributed by atoms with Crippen molar-refractivity contribution in [2.24, 2.45) is 5.92 Å². The highest BCUT2D eigenvalue weighted by atomic mass is 16.4. The predicted octanol–water partition coefficient (Wildman–Crippen LogP) is 0.974. The summed E-state index contributed by atoms with van der Waals surface area (Å²) < 4.78 is 0. The molecule has 1 aliphatic carbocycles. The first-order valence-electron chi connectivity index (χ1n) is 7.40. The maximum atomic E-state index is 12.3. The maximum absolute atomic E-state index is 12.3. The number of piperazine rings is 1. The number of nitrogens with one attached hydrogen (secondary N) is 1. The normalized spacial score (nSPS) is 35.0. The topological polar surface area (TPSA) is 72.9 Å². The third-order valence-corrected chi connectivity index (χ3v) is 4.79. The molecular formula is C14H25N3O3. The molecule has 1 heterocycles. The Kier molecular flexibility index (Phi) is 4.52. The molecule has 4 unspecified atom stereocenters. The minimum atomic E-state index is -0.798. The van der Waals surface area contributed by atoms with Gasteiger partial charge in [-0.1, -0.05) is 6.42 Å². The van der Waals surface area contributed by atoms with E-state index in [1.165, 1.54) is 0 Å². The van der Waals surface area contributed by atoms with Crippen LogP contribution in [0.5, 0.6) is 0 Å². The predicted molar refractivity (Wildman–Crippen MR) is 75.6 cm³/mol. The van der Waals surface area contributed by atoms with Crippen molar-refractivity contribution < 1.29 is 14.7 Å². The largest absolute Gasteiger partial charge is 0.481 e. The first kappa shape index (κ1) is 15.1. The van der Waals surface area contributed by atoms with Gasteiger partial charge in [-0.05, 0) is 33.7 Å². The molecule has 6 heteroatoms. The molecule has 2 N–H and O–H groups in total. The zero-order chi connectivity index (χ0) is 14.9. The second-order valence-corrected chi connectivity index (χ2v) is 6.20. The van der Waals surface area contributed by atoms with Crippen molar-refractivity contribution in [3.63, 3.8) is 0 Å². The molecule has 1 saturated heterocycles. The van der Waals surface area contributed by atoms with Crippen LogP contribution in [-0.4, -0.2) is 65.2 Å². The van der Waals surface area contributed by atoms with E-state index in [0.717, 1.165) is 12.8 Å². The van der Waals surface area contributed by atoms with Crippen LogP contribution in [0.2, 0.25) is 0 Å². The second kappa shape index (κ2) is 5.99. The summed E-state index contributed by atoms with van der Waals surface area (Å²) in [5, 5.41) is 12.1. The number of amides is 2. The quantitative estimate of drug-likeness (QED) is 0.792. The summed E-state index contributed by atoms with van der Waals surface area (Å²) in [5.41, 5.74) is 0. The van der Waals surface area contributed by atoms with Gasteiger partial charge in [-0.2, -0.15) is 0 Å². The third-order valence-electron chi connectivity index (χ3n) is 4.79. The molecule has 0 bridgehead atoms. The summed E-state index contributed by atoms with van der Waals surface area (Å²) in [6.45, 7) is 5.59. The Balaban J connectivity index is 1.93. The van der Waals surface area contributed by atoms with Gasteiger partial charge >= 0.3 is 12.0 Å². The van der Waals surface area contributed by atoms with Gasteiger partial charge in [0, 0.05) is 31.2 Å². The second-order valence-electron chi connectivity index (χ2n) is 6.20. The van der Waals surface area contributed by atoms with Crippen molar-refractivity contribution in [1.82, 2.24) is 15.1 Å². The summed E-state index contributed by atoms with van der Waals surface area (Å²) in [4.78, 5) is 27.5. The summed E-state index contributed by atoms with van der Waals surface area (Å²) in [6.07, 6.45) is 2.30. The lowest BCUT2D eigenvalue weighted by Crippen LogP contribution is -2.59. The fourth-order valence-electron chi connectivity index (χ4n) is 3.25. The first-order valence-corrected chi connectivity index (χ1v) is 7.40. The van der Waals surface area contributed by atoms with Crippen molar-refractivity contribution >= 4 is 12.0 Å². The number of carbonyl (C=O) groups is 2. The van der Waals surface area contributed by atoms with Gasteiger partial charge in [0.1, 0.15) is 0 Å². The number of likely N-dealkylation sites (N-methyl/N-ethyl adjacent to an activating group) is 1. The smallest absolute Gasteiger partial charge is 0.317 e. The number of hydrogen-bond acceptors (Lipinski definition) is 3. The summed E-state index contributed by atoms with van der Waals surface area (Å²) in [6, 6.07) is 0.312. The number of carboxylic acid groups (broad SMARTS) is 1. The minimum absolute atomic E-state index is 0.116. The van der Waals surface area contributed by atoms with Crippen molar-refractivity contribution in [2.75, 3.05) is 20.1 Å². The Morgan fingerprint density at radius 2 is 1.75 bits per heavy atom. The van der Waals surface area contributed by atoms with Gasteiger partial charge in [-0.3, -0.25) is 9.69 Å². The lowest BCUT2D eigenvalue weighted by molar-refractivity contribution is -0.142. The number of aliphatic carboxylic acids is 1. The van der Waals surface area contributed by atoms with E-state index in [2.05, 4.69) is 31.1 Å². The molecule has 0 aromatic rings. The minimum Gasteiger partial charge on any atom is -0.481 e. The molecule has 0 spiro atoms. The Morgan fingerprint density at radius 1 is 1.15 bits per heavy atom. The van der Waals surface area contributed by atoms with Gasteiger partial charge < -0.3 is 15.3 Å². The van der Waals surface area contributed by atoms with Crippen LogP contribution >= 0.6 is 0 Å². The van der Waals surface area contributed by atoms with E-state index in [0.29, 0.717) is 31.6 Å². The molecule has 0 aromatic carbocycles. The molecule has 0 radical (unpaired) electrons. The van der Waals surface area contributed by atoms with Gasteiger partial charge in [0.25, 0.3) is 0 Å². The SMILES string of the molecule is CC1CN(C(=O)NC2CCCC2C(=O)O)CC(C)N1C. The van der Waals surface area contributed by atoms with Crippen LogP contribution in [0.25, 0.3) is 0 Å². The zero-order valence-electron chi connectivity index (χ0n) is 12.5. The average Bonchev–Trinajstić information content (AvgIpc) is 2.83. The molecule has 4 atom stereocenters. The fourth-order valence-corrected chi connectivity index (χ4v) is 3.25. The number of rotatable bonds is 2. The van der Waals surface area contributed by atoms with E-state index >= 15 is 0 Å². The van der Waals surface area contributed by atoms with E-state index in [1.54, 1.807) is 0 Å². The van der Waals surface area contributed by atoms with Gasteiger partial charge in [0.05, 0.1) is 5.92 Å². The van der Waals surface area contributed by atoms with Crippen LogP contribution in [-0.2, 0) is 4.79 Å². The number of urea groups is 1.